The Kier molecular flexibility index (Phi) is 6.81. The molecule has 0 unspecified atom stereocenters. The molecule has 4 nitrogen and oxygen atoms in total. The van der Waals surface area contributed by atoms with Crippen molar-refractivity contribution in [1.82, 2.24) is 9.97 Å². The van der Waals surface area contributed by atoms with Gasteiger partial charge in [-0.05, 0) is 39.0 Å². The lowest BCUT2D eigenvalue weighted by atomic mass is 9.85. The predicted octanol–water partition coefficient (Wildman–Crippen LogP) is 4.71. The largest absolute Gasteiger partial charge is 0.354 e. The van der Waals surface area contributed by atoms with Crippen LogP contribution in [0.1, 0.15) is 70.7 Å². The Balaban J connectivity index is 2.19. The molecule has 1 aromatic heterocycles. The molecule has 4 heteroatoms. The van der Waals surface area contributed by atoms with Crippen LogP contribution in [0.15, 0.2) is 4.99 Å². The van der Waals surface area contributed by atoms with Gasteiger partial charge in [-0.25, -0.2) is 9.97 Å². The highest BCUT2D eigenvalue weighted by Gasteiger charge is 2.17. The van der Waals surface area contributed by atoms with Crippen molar-refractivity contribution in [1.29, 1.82) is 0 Å². The number of nitrogens with one attached hydrogen (secondary N) is 1. The maximum Gasteiger partial charge on any atom is 0.223 e. The van der Waals surface area contributed by atoms with Gasteiger partial charge in [-0.3, -0.25) is 4.99 Å². The van der Waals surface area contributed by atoms with Crippen LogP contribution in [0, 0.1) is 5.92 Å². The molecule has 1 saturated carbocycles. The van der Waals surface area contributed by atoms with Gasteiger partial charge in [0.05, 0.1) is 11.4 Å². The number of aryl methyl sites for hydroxylation is 2. The number of hydrogen-bond acceptors (Lipinski definition) is 4. The molecule has 1 aliphatic carbocycles. The van der Waals surface area contributed by atoms with Crippen LogP contribution in [0.25, 0.3) is 0 Å². The number of aromatic nitrogens is 2. The van der Waals surface area contributed by atoms with Gasteiger partial charge in [0, 0.05) is 12.8 Å². The predicted molar refractivity (Wildman–Crippen MR) is 94.3 cm³/mol. The fourth-order valence-electron chi connectivity index (χ4n) is 3.31. The minimum absolute atomic E-state index is 0.757. The van der Waals surface area contributed by atoms with E-state index in [4.69, 9.17) is 4.98 Å². The summed E-state index contributed by atoms with van der Waals surface area (Å²) >= 11 is 0. The van der Waals surface area contributed by atoms with Crippen molar-refractivity contribution in [2.75, 3.05) is 11.9 Å². The first-order valence-electron chi connectivity index (χ1n) is 8.90. The van der Waals surface area contributed by atoms with Crippen LogP contribution in [-0.4, -0.2) is 22.7 Å². The van der Waals surface area contributed by atoms with Gasteiger partial charge in [-0.1, -0.05) is 39.0 Å². The van der Waals surface area contributed by atoms with Crippen LogP contribution in [-0.2, 0) is 12.8 Å². The van der Waals surface area contributed by atoms with Crippen LogP contribution >= 0.6 is 0 Å². The summed E-state index contributed by atoms with van der Waals surface area (Å²) in [6.07, 6.45) is 12.0. The summed E-state index contributed by atoms with van der Waals surface area (Å²) in [6, 6.07) is 0. The Hall–Kier alpha value is -1.45. The highest BCUT2D eigenvalue weighted by molar-refractivity contribution is 5.63. The zero-order valence-electron chi connectivity index (χ0n) is 14.4. The van der Waals surface area contributed by atoms with Crippen molar-refractivity contribution >= 4 is 17.9 Å². The summed E-state index contributed by atoms with van der Waals surface area (Å²) in [6.45, 7) is 7.02. The number of nitrogens with zero attached hydrogens (tertiary/aromatic N) is 3. The number of anilines is 1. The fourth-order valence-corrected chi connectivity index (χ4v) is 3.31. The molecule has 1 heterocycles. The van der Waals surface area contributed by atoms with Crippen molar-refractivity contribution in [2.45, 2.75) is 72.1 Å². The van der Waals surface area contributed by atoms with E-state index in [0.29, 0.717) is 0 Å². The number of rotatable bonds is 7. The summed E-state index contributed by atoms with van der Waals surface area (Å²) < 4.78 is 0. The van der Waals surface area contributed by atoms with E-state index < -0.39 is 0 Å². The van der Waals surface area contributed by atoms with Gasteiger partial charge in [0.25, 0.3) is 0 Å². The summed E-state index contributed by atoms with van der Waals surface area (Å²) in [7, 11) is 0. The van der Waals surface area contributed by atoms with Crippen molar-refractivity contribution in [2.24, 2.45) is 10.9 Å². The van der Waals surface area contributed by atoms with Crippen molar-refractivity contribution < 1.29 is 0 Å². The molecule has 0 bridgehead atoms. The van der Waals surface area contributed by atoms with Crippen LogP contribution in [0.4, 0.5) is 11.6 Å². The maximum atomic E-state index is 4.74. The van der Waals surface area contributed by atoms with Gasteiger partial charge in [0.15, 0.2) is 0 Å². The molecule has 22 heavy (non-hydrogen) atoms. The molecule has 1 fully saturated rings. The van der Waals surface area contributed by atoms with Gasteiger partial charge < -0.3 is 5.32 Å². The van der Waals surface area contributed by atoms with Gasteiger partial charge in [0.2, 0.25) is 5.95 Å². The minimum Gasteiger partial charge on any atom is -0.354 e. The summed E-state index contributed by atoms with van der Waals surface area (Å²) in [5, 5.41) is 3.26. The summed E-state index contributed by atoms with van der Waals surface area (Å²) in [5.74, 6) is 1.63. The molecular weight excluding hydrogens is 272 g/mol. The molecule has 0 atom stereocenters. The summed E-state index contributed by atoms with van der Waals surface area (Å²) in [4.78, 5) is 13.9. The average Bonchev–Trinajstić information content (AvgIpc) is 2.56. The second-order valence-corrected chi connectivity index (χ2v) is 6.10. The van der Waals surface area contributed by atoms with E-state index in [2.05, 4.69) is 29.1 Å². The van der Waals surface area contributed by atoms with Gasteiger partial charge in [0.1, 0.15) is 5.69 Å². The van der Waals surface area contributed by atoms with E-state index in [0.717, 1.165) is 48.3 Å². The maximum absolute atomic E-state index is 4.74. The smallest absolute Gasteiger partial charge is 0.223 e. The molecule has 0 saturated heterocycles. The van der Waals surface area contributed by atoms with Crippen LogP contribution < -0.4 is 5.32 Å². The van der Waals surface area contributed by atoms with E-state index in [9.17, 15) is 0 Å². The van der Waals surface area contributed by atoms with E-state index >= 15 is 0 Å². The molecule has 2 rings (SSSR count). The van der Waals surface area contributed by atoms with Gasteiger partial charge in [-0.15, -0.1) is 0 Å². The van der Waals surface area contributed by atoms with E-state index in [1.807, 2.05) is 13.1 Å². The van der Waals surface area contributed by atoms with Crippen molar-refractivity contribution in [3.63, 3.8) is 0 Å². The van der Waals surface area contributed by atoms with Crippen LogP contribution in [0.2, 0.25) is 0 Å². The Morgan fingerprint density at radius 2 is 1.86 bits per heavy atom. The molecule has 122 valence electrons. The Morgan fingerprint density at radius 1 is 1.14 bits per heavy atom. The lowest BCUT2D eigenvalue weighted by Crippen LogP contribution is -2.10. The fraction of sp³-hybridized carbons (Fsp3) is 0.722. The Morgan fingerprint density at radius 3 is 2.50 bits per heavy atom. The normalized spacial score (nSPS) is 16.3. The topological polar surface area (TPSA) is 50.2 Å². The molecule has 1 aliphatic rings. The van der Waals surface area contributed by atoms with Crippen LogP contribution in [0.3, 0.4) is 0 Å². The second kappa shape index (κ2) is 8.86. The zero-order chi connectivity index (χ0) is 15.8. The van der Waals surface area contributed by atoms with Gasteiger partial charge >= 0.3 is 0 Å². The third-order valence-electron chi connectivity index (χ3n) is 4.47. The SMILES string of the molecule is CC=Nc1c(CC)nc(NCC)nc1CCC1CCCCC1. The quantitative estimate of drug-likeness (QED) is 0.742. The first-order chi connectivity index (χ1) is 10.8. The standard InChI is InChI=1S/C18H30N4/c1-4-15-17(19-5-2)16(22-18(21-15)20-6-3)13-12-14-10-8-7-9-11-14/h5,14H,4,6-13H2,1-3H3,(H,20,21,22). The Bertz CT molecular complexity index is 490. The van der Waals surface area contributed by atoms with Crippen LogP contribution in [0.5, 0.6) is 0 Å². The highest BCUT2D eigenvalue weighted by Crippen LogP contribution is 2.30. The van der Waals surface area contributed by atoms with E-state index in [1.54, 1.807) is 0 Å². The minimum atomic E-state index is 0.757. The van der Waals surface area contributed by atoms with Gasteiger partial charge in [-0.2, -0.15) is 0 Å². The zero-order valence-corrected chi connectivity index (χ0v) is 14.4. The van der Waals surface area contributed by atoms with Crippen molar-refractivity contribution in [3.8, 4) is 0 Å². The first-order valence-corrected chi connectivity index (χ1v) is 8.90. The lowest BCUT2D eigenvalue weighted by molar-refractivity contribution is 0.338. The van der Waals surface area contributed by atoms with Crippen molar-refractivity contribution in [3.05, 3.63) is 11.4 Å². The summed E-state index contributed by atoms with van der Waals surface area (Å²) in [5.41, 5.74) is 3.18. The average molecular weight is 302 g/mol. The molecule has 0 radical (unpaired) electrons. The molecule has 1 N–H and O–H groups in total. The third kappa shape index (κ3) is 4.52. The lowest BCUT2D eigenvalue weighted by Gasteiger charge is -2.21. The third-order valence-corrected chi connectivity index (χ3v) is 4.47. The molecule has 0 aromatic carbocycles. The molecular formula is C18H30N4. The molecule has 0 amide bonds. The number of aliphatic imine (C=N–C) groups is 1. The van der Waals surface area contributed by atoms with E-state index in [-0.39, 0.29) is 0 Å². The molecule has 0 aliphatic heterocycles. The van der Waals surface area contributed by atoms with E-state index in [1.165, 1.54) is 38.5 Å². The molecule has 1 aromatic rings. The monoisotopic (exact) mass is 302 g/mol. The first kappa shape index (κ1) is 16.9. The second-order valence-electron chi connectivity index (χ2n) is 6.10. The Labute approximate surface area is 134 Å². The highest BCUT2D eigenvalue weighted by atomic mass is 15.1. The molecule has 0 spiro atoms. The number of hydrogen-bond donors (Lipinski definition) is 1.